The summed E-state index contributed by atoms with van der Waals surface area (Å²) in [6.07, 6.45) is -2.22. The second-order valence-corrected chi connectivity index (χ2v) is 28.3. The highest BCUT2D eigenvalue weighted by atomic mass is 31.2. The van der Waals surface area contributed by atoms with Crippen LogP contribution in [0.2, 0.25) is 0 Å². The minimum atomic E-state index is -5.12. The van der Waals surface area contributed by atoms with Gasteiger partial charge in [-0.2, -0.15) is 0 Å². The third-order valence-corrected chi connectivity index (χ3v) is 22.0. The number of aromatic nitrogens is 2. The van der Waals surface area contributed by atoms with Crippen LogP contribution in [0.4, 0.5) is 0 Å². The van der Waals surface area contributed by atoms with Gasteiger partial charge in [-0.15, -0.1) is 0 Å². The number of phosphoric ester groups is 1. The Hall–Kier alpha value is -7.07. The van der Waals surface area contributed by atoms with Crippen LogP contribution in [0.25, 0.3) is 11.0 Å². The van der Waals surface area contributed by atoms with Gasteiger partial charge in [0.1, 0.15) is 18.1 Å². The number of hydrogen-bond donors (Lipinski definition) is 15. The molecule has 5 fully saturated rings. The highest BCUT2D eigenvalue weighted by Gasteiger charge is 2.68. The lowest BCUT2D eigenvalue weighted by Gasteiger charge is -2.49. The molecule has 1 aromatic carbocycles. The number of benzene rings is 1. The molecule has 7 amide bonds. The third-order valence-electron chi connectivity index (χ3n) is 20.8. The second kappa shape index (κ2) is 25.3. The molecule has 8 rings (SSSR count). The molecule has 29 heteroatoms. The van der Waals surface area contributed by atoms with Crippen molar-refractivity contribution >= 4 is 60.2 Å². The SMILES string of the molecule is C/C1=C2/N/C(=C\C3N/C(=C(/C)C4NC(C(CC(N)=O)C4(C)CCC(=O)NCC(C)OP(=O)(O)OC4/C(=C\O)OC(n5cnc6cc(O)ccc65)C4O)C4(C)NC1C(CCC(N)=O)C4(C)CC(N)=O)C(CCC(N)=O)C3(C)C)C(CCC(N)=O)C2(C)CC(N)=O. The standard InChI is InChI=1S/C60H90N13O15P/c1-28(87-89(84,85)88-51-39(26-74)86-55(50(51)83)73-27-68-37-20-31(75)10-14-38(37)73)25-67-47(82)18-19-57(6)35(21-44(64)79)54-60(9)59(8,24-46(66)81)34(13-17-43(63)78)49(72-60)30(3)53-58(7,23-45(65)80)32(11-15-41(61)76)36(69-53)22-40-56(4,5)33(12-16-42(62)77)48(70-40)29(2)52(57)71-54/h10,14,20,22,26-28,32-35,40,49-52,54-55,69-72,74-75,83H,11-13,15-19,21,23-25H2,1-9H3,(H2,61,76)(H2,62,77)(H2,63,78)(H2,64,79)(H2,65,80)(H2,66,81)(H,67,82)(H,84,85)/b36-22-,39-26+,48-29-,53-30-. The fourth-order valence-corrected chi connectivity index (χ4v) is 17.3. The van der Waals surface area contributed by atoms with Crippen LogP contribution in [0.5, 0.6) is 5.75 Å². The number of rotatable bonds is 25. The van der Waals surface area contributed by atoms with E-state index in [1.54, 1.807) is 0 Å². The molecule has 490 valence electrons. The average molecular weight is 1260 g/mol. The van der Waals surface area contributed by atoms with Crippen molar-refractivity contribution in [3.05, 3.63) is 70.9 Å². The van der Waals surface area contributed by atoms with Gasteiger partial charge in [0.2, 0.25) is 47.6 Å². The van der Waals surface area contributed by atoms with E-state index in [4.69, 9.17) is 48.2 Å². The maximum Gasteiger partial charge on any atom is 0.473 e. The van der Waals surface area contributed by atoms with Crippen molar-refractivity contribution in [1.29, 1.82) is 0 Å². The van der Waals surface area contributed by atoms with E-state index in [9.17, 15) is 58.3 Å². The number of aliphatic hydroxyl groups excluding tert-OH is 2. The van der Waals surface area contributed by atoms with Crippen molar-refractivity contribution in [2.45, 2.75) is 187 Å². The summed E-state index contributed by atoms with van der Waals surface area (Å²) in [5, 5.41) is 49.7. The number of nitrogens with two attached hydrogens (primary N) is 6. The predicted molar refractivity (Wildman–Crippen MR) is 324 cm³/mol. The van der Waals surface area contributed by atoms with Gasteiger partial charge >= 0.3 is 7.82 Å². The van der Waals surface area contributed by atoms with Gasteiger partial charge in [-0.05, 0) is 105 Å². The van der Waals surface area contributed by atoms with Crippen LogP contribution in [-0.2, 0) is 51.9 Å². The van der Waals surface area contributed by atoms with E-state index in [0.29, 0.717) is 40.7 Å². The summed E-state index contributed by atoms with van der Waals surface area (Å²) >= 11 is 0. The number of aliphatic hydroxyl groups is 2. The number of carbonyl (C=O) groups is 7. The number of nitrogens with one attached hydrogen (secondary N) is 5. The van der Waals surface area contributed by atoms with Gasteiger partial charge in [-0.3, -0.25) is 47.2 Å². The van der Waals surface area contributed by atoms with Crippen molar-refractivity contribution in [3.63, 3.8) is 0 Å². The number of fused-ring (bicyclic) bond motifs is 10. The van der Waals surface area contributed by atoms with Crippen molar-refractivity contribution in [1.82, 2.24) is 36.1 Å². The third kappa shape index (κ3) is 13.0. The monoisotopic (exact) mass is 1260 g/mol. The summed E-state index contributed by atoms with van der Waals surface area (Å²) in [6.45, 7) is 16.8. The lowest BCUT2D eigenvalue weighted by molar-refractivity contribution is -0.124. The molecule has 1 aromatic heterocycles. The maximum atomic E-state index is 14.4. The Labute approximate surface area is 516 Å². The van der Waals surface area contributed by atoms with Crippen LogP contribution in [0.3, 0.4) is 0 Å². The van der Waals surface area contributed by atoms with E-state index in [0.717, 1.165) is 11.3 Å². The molecule has 8 bridgehead atoms. The molecule has 2 aromatic rings. The van der Waals surface area contributed by atoms with Crippen LogP contribution < -0.4 is 61.0 Å². The van der Waals surface area contributed by atoms with Crippen LogP contribution in [-0.4, -0.2) is 126 Å². The van der Waals surface area contributed by atoms with Gasteiger partial charge in [0.05, 0.1) is 29.5 Å². The smallest absolute Gasteiger partial charge is 0.473 e. The van der Waals surface area contributed by atoms with E-state index in [1.807, 2.05) is 41.5 Å². The van der Waals surface area contributed by atoms with Crippen molar-refractivity contribution in [2.24, 2.45) is 79.7 Å². The fourth-order valence-electron chi connectivity index (χ4n) is 16.2. The van der Waals surface area contributed by atoms with E-state index in [-0.39, 0.29) is 82.4 Å². The number of nitrogens with zero attached hydrogens (tertiary/aromatic N) is 2. The molecule has 89 heavy (non-hydrogen) atoms. The summed E-state index contributed by atoms with van der Waals surface area (Å²) < 4.78 is 31.6. The first kappa shape index (κ1) is 67.9. The Kier molecular flexibility index (Phi) is 19.3. The summed E-state index contributed by atoms with van der Waals surface area (Å²) in [6, 6.07) is 1.63. The zero-order valence-corrected chi connectivity index (χ0v) is 52.9. The van der Waals surface area contributed by atoms with E-state index < -0.39 is 149 Å². The molecule has 5 saturated heterocycles. The summed E-state index contributed by atoms with van der Waals surface area (Å²) in [7, 11) is -5.12. The molecule has 0 spiro atoms. The summed E-state index contributed by atoms with van der Waals surface area (Å²) in [4.78, 5) is 109. The average Bonchev–Trinajstić information content (AvgIpc) is 1.54. The maximum absolute atomic E-state index is 14.4. The number of imidazole rings is 1. The number of primary amides is 6. The van der Waals surface area contributed by atoms with Crippen LogP contribution in [0.15, 0.2) is 70.9 Å². The van der Waals surface area contributed by atoms with Crippen molar-refractivity contribution in [3.8, 4) is 5.75 Å². The van der Waals surface area contributed by atoms with Gasteiger partial charge < -0.3 is 85.9 Å². The zero-order chi connectivity index (χ0) is 65.8. The van der Waals surface area contributed by atoms with Crippen molar-refractivity contribution < 1.29 is 72.1 Å². The topological polar surface area (TPSA) is 479 Å². The first-order chi connectivity index (χ1) is 41.4. The first-order valence-corrected chi connectivity index (χ1v) is 31.6. The van der Waals surface area contributed by atoms with Gasteiger partial charge in [-0.25, -0.2) is 9.55 Å². The van der Waals surface area contributed by atoms with Gasteiger partial charge in [-0.1, -0.05) is 34.6 Å². The highest BCUT2D eigenvalue weighted by Crippen LogP contribution is 2.62. The Morgan fingerprint density at radius 1 is 0.854 bits per heavy atom. The van der Waals surface area contributed by atoms with E-state index >= 15 is 0 Å². The molecule has 21 N–H and O–H groups in total. The number of amides is 7. The number of phenols is 1. The molecule has 17 unspecified atom stereocenters. The largest absolute Gasteiger partial charge is 0.512 e. The molecule has 28 nitrogen and oxygen atoms in total. The number of allylic oxidation sites excluding steroid dienone is 3. The Bertz CT molecular complexity index is 3350. The van der Waals surface area contributed by atoms with Crippen LogP contribution in [0.1, 0.15) is 139 Å². The lowest BCUT2D eigenvalue weighted by atomic mass is 9.56. The minimum absolute atomic E-state index is 0.0114. The molecule has 6 aliphatic rings. The quantitative estimate of drug-likeness (QED) is 0.0498. The first-order valence-electron chi connectivity index (χ1n) is 30.1. The van der Waals surface area contributed by atoms with Crippen molar-refractivity contribution in [2.75, 3.05) is 6.54 Å². The molecular weight excluding hydrogens is 1170 g/mol. The van der Waals surface area contributed by atoms with E-state index in [1.165, 1.54) is 36.0 Å². The molecule has 17 atom stereocenters. The number of phenolic OH excluding ortho intramolecular Hbond substituents is 1. The lowest BCUT2D eigenvalue weighted by Crippen LogP contribution is -2.64. The molecule has 7 heterocycles. The number of aromatic hydroxyl groups is 1. The number of hydrogen-bond acceptors (Lipinski definition) is 19. The molecule has 6 aliphatic heterocycles. The highest BCUT2D eigenvalue weighted by molar-refractivity contribution is 7.47. The number of carbonyl (C=O) groups excluding carboxylic acids is 7. The second-order valence-electron chi connectivity index (χ2n) is 26.9. The zero-order valence-electron chi connectivity index (χ0n) is 52.0. The Balaban J connectivity index is 1.18. The minimum Gasteiger partial charge on any atom is -0.512 e. The van der Waals surface area contributed by atoms with Crippen LogP contribution >= 0.6 is 7.82 Å². The van der Waals surface area contributed by atoms with Gasteiger partial charge in [0.25, 0.3) is 0 Å². The Morgan fingerprint density at radius 2 is 1.48 bits per heavy atom. The van der Waals surface area contributed by atoms with Gasteiger partial charge in [0, 0.05) is 121 Å². The molecule has 0 radical (unpaired) electrons. The molecular formula is C60H90N13O15P. The normalized spacial score (nSPS) is 36.6. The Morgan fingerprint density at radius 3 is 2.09 bits per heavy atom. The number of phosphoric acid groups is 1. The van der Waals surface area contributed by atoms with Crippen LogP contribution in [0, 0.1) is 45.3 Å². The van der Waals surface area contributed by atoms with Gasteiger partial charge in [0.15, 0.2) is 11.9 Å². The summed E-state index contributed by atoms with van der Waals surface area (Å²) in [5.41, 5.74) is 35.3. The molecule has 0 aliphatic carbocycles. The predicted octanol–water partition coefficient (Wildman–Crippen LogP) is 1.84. The summed E-state index contributed by atoms with van der Waals surface area (Å²) in [5.74, 6) is -6.85. The number of ether oxygens (including phenoxy) is 1. The molecule has 0 saturated carbocycles. The van der Waals surface area contributed by atoms with E-state index in [2.05, 4.69) is 51.5 Å². The fraction of sp³-hybridized carbons (Fsp3) is 0.633.